The topological polar surface area (TPSA) is 331 Å². The lowest BCUT2D eigenvalue weighted by Crippen LogP contribution is -2.35. The first-order valence-corrected chi connectivity index (χ1v) is 20.9. The third-order valence-electron chi connectivity index (χ3n) is 9.26. The second-order valence-electron chi connectivity index (χ2n) is 13.6. The Balaban J connectivity index is 1.16. The van der Waals surface area contributed by atoms with E-state index in [1.807, 2.05) is 0 Å². The quantitative estimate of drug-likeness (QED) is 0.0222. The fourth-order valence-corrected chi connectivity index (χ4v) is 7.53. The van der Waals surface area contributed by atoms with Crippen LogP contribution in [0.4, 0.5) is 45.5 Å². The Bertz CT molecular complexity index is 3270. The minimum absolute atomic E-state index is 0.0445. The molecule has 8 N–H and O–H groups in total. The Morgan fingerprint density at radius 3 is 1.20 bits per heavy atom. The zero-order valence-corrected chi connectivity index (χ0v) is 33.7. The zero-order valence-electron chi connectivity index (χ0n) is 32.1. The van der Waals surface area contributed by atoms with Gasteiger partial charge in [0.15, 0.2) is 11.5 Å². The number of aliphatic carboxylic acids is 2. The van der Waals surface area contributed by atoms with Crippen LogP contribution in [0.3, 0.4) is 0 Å². The lowest BCUT2D eigenvalue weighted by atomic mass is 10.1. The molecule has 0 heterocycles. The monoisotopic (exact) mass is 904 g/mol. The Labute approximate surface area is 359 Å². The molecular weight excluding hydrogens is 877 g/mol. The van der Waals surface area contributed by atoms with Crippen molar-refractivity contribution in [2.24, 2.45) is 20.5 Å². The van der Waals surface area contributed by atoms with Crippen molar-refractivity contribution in [3.8, 4) is 11.5 Å². The Morgan fingerprint density at radius 1 is 0.516 bits per heavy atom. The van der Waals surface area contributed by atoms with E-state index in [1.165, 1.54) is 97.1 Å². The second-order valence-corrected chi connectivity index (χ2v) is 16.3. The minimum atomic E-state index is -5.02. The second kappa shape index (κ2) is 17.1. The van der Waals surface area contributed by atoms with Gasteiger partial charge in [-0.2, -0.15) is 27.1 Å². The number of benzene rings is 6. The summed E-state index contributed by atoms with van der Waals surface area (Å²) in [4.78, 5) is 45.5. The van der Waals surface area contributed by atoms with Gasteiger partial charge in [0.05, 0.1) is 11.4 Å². The number of rotatable bonds is 14. The molecule has 64 heavy (non-hydrogen) atoms. The number of carbonyl (C=O) groups is 2. The van der Waals surface area contributed by atoms with Crippen LogP contribution in [0.15, 0.2) is 149 Å². The summed E-state index contributed by atoms with van der Waals surface area (Å²) in [5, 5.41) is 61.2. The number of phenolic OH excluding ortho intramolecular Hbond substituents is 2. The van der Waals surface area contributed by atoms with Crippen LogP contribution in [0, 0.1) is 0 Å². The normalized spacial score (nSPS) is 12.4. The van der Waals surface area contributed by atoms with Crippen molar-refractivity contribution >= 4 is 111 Å². The summed E-state index contributed by atoms with van der Waals surface area (Å²) in [6.07, 6.45) is 4.52. The molecule has 0 aromatic heterocycles. The average Bonchev–Trinajstić information content (AvgIpc) is 3.25. The number of nitrogens with zero attached hydrogens (tertiary/aromatic N) is 4. The van der Waals surface area contributed by atoms with Gasteiger partial charge in [-0.15, -0.1) is 10.2 Å². The van der Waals surface area contributed by atoms with Crippen LogP contribution in [0.1, 0.15) is 11.1 Å². The van der Waals surface area contributed by atoms with Crippen molar-refractivity contribution in [1.29, 1.82) is 0 Å². The van der Waals surface area contributed by atoms with Crippen molar-refractivity contribution in [3.05, 3.63) is 141 Å². The molecule has 7 aromatic rings. The molecule has 0 aliphatic heterocycles. The summed E-state index contributed by atoms with van der Waals surface area (Å²) in [5.74, 6) is -3.65. The van der Waals surface area contributed by atoms with E-state index in [0.29, 0.717) is 11.1 Å². The maximum Gasteiger partial charge on any atom is 0.328 e. The van der Waals surface area contributed by atoms with Crippen LogP contribution in [0.25, 0.3) is 33.7 Å². The summed E-state index contributed by atoms with van der Waals surface area (Å²) < 4.78 is 69.9. The van der Waals surface area contributed by atoms with Crippen LogP contribution in [0.2, 0.25) is 0 Å². The van der Waals surface area contributed by atoms with Gasteiger partial charge in [-0.25, -0.2) is 9.59 Å². The number of phenols is 2. The summed E-state index contributed by atoms with van der Waals surface area (Å²) in [6.45, 7) is 0. The van der Waals surface area contributed by atoms with E-state index < -0.39 is 75.7 Å². The number of carboxylic acids is 2. The number of carboxylic acid groups (broad SMARTS) is 2. The third-order valence-corrected chi connectivity index (χ3v) is 11.0. The van der Waals surface area contributed by atoms with Gasteiger partial charge in [0.2, 0.25) is 0 Å². The molecule has 0 fully saturated rings. The van der Waals surface area contributed by atoms with Crippen LogP contribution in [0.5, 0.6) is 11.5 Å². The molecule has 322 valence electrons. The zero-order chi connectivity index (χ0) is 46.1. The highest BCUT2D eigenvalue weighted by Crippen LogP contribution is 2.44. The number of nitrogens with one attached hydrogen (secondary N) is 2. The average molecular weight is 905 g/mol. The fourth-order valence-electron chi connectivity index (χ4n) is 6.22. The first-order valence-electron chi connectivity index (χ1n) is 18.0. The number of aromatic hydroxyl groups is 2. The highest BCUT2D eigenvalue weighted by molar-refractivity contribution is 7.86. The van der Waals surface area contributed by atoms with Gasteiger partial charge in [-0.05, 0) is 107 Å². The molecule has 7 aromatic carbocycles. The standard InChI is InChI=1S/C42H28N6O14S2/c49-33(50)15-5-21-1-7-25(8-2-21)45-47-35-31(63(57,58)59)19-23-17-27(11-13-29(23)39(35)53)43-37-38(42(56)41(37)55)44-28-12-14-30-24(18-28)20-32(64(60,61)62)36(40(30)54)48-46-26-9-3-22(4-10-26)6-16-34(51)52/h1-20,43-44,53-54H,(H,49,50)(H,51,52)(H,57,58,59)(H,60,61,62)/b15-5+,16-6+,47-45?,48-46?. The third kappa shape index (κ3) is 9.39. The predicted octanol–water partition coefficient (Wildman–Crippen LogP) is 8.01. The highest BCUT2D eigenvalue weighted by Gasteiger charge is 2.26. The maximum atomic E-state index is 12.8. The largest absolute Gasteiger partial charge is 0.505 e. The molecule has 0 amide bonds. The molecule has 0 saturated carbocycles. The number of fused-ring (bicyclic) bond motifs is 2. The molecule has 0 bridgehead atoms. The number of hydrogen-bond acceptors (Lipinski definition) is 16. The fraction of sp³-hybridized carbons (Fsp3) is 0. The maximum absolute atomic E-state index is 12.8. The summed E-state index contributed by atoms with van der Waals surface area (Å²) >= 11 is 0. The molecule has 7 rings (SSSR count). The molecule has 0 atom stereocenters. The van der Waals surface area contributed by atoms with Crippen molar-refractivity contribution in [2.45, 2.75) is 9.79 Å². The molecule has 0 aliphatic rings. The van der Waals surface area contributed by atoms with Crippen molar-refractivity contribution < 1.29 is 56.0 Å². The van der Waals surface area contributed by atoms with E-state index in [-0.39, 0.29) is 55.7 Å². The van der Waals surface area contributed by atoms with Gasteiger partial charge in [0.25, 0.3) is 31.1 Å². The molecule has 0 spiro atoms. The van der Waals surface area contributed by atoms with Gasteiger partial charge < -0.3 is 31.1 Å². The molecule has 0 aliphatic carbocycles. The Kier molecular flexibility index (Phi) is 11.7. The molecule has 0 saturated heterocycles. The van der Waals surface area contributed by atoms with E-state index in [1.54, 1.807) is 0 Å². The van der Waals surface area contributed by atoms with Gasteiger partial charge in [-0.1, -0.05) is 24.3 Å². The van der Waals surface area contributed by atoms with Crippen LogP contribution < -0.4 is 21.5 Å². The van der Waals surface area contributed by atoms with Crippen LogP contribution in [-0.2, 0) is 29.8 Å². The van der Waals surface area contributed by atoms with E-state index in [4.69, 9.17) is 10.2 Å². The summed E-state index contributed by atoms with van der Waals surface area (Å²) in [6, 6.07) is 22.0. The van der Waals surface area contributed by atoms with Gasteiger partial charge in [0.1, 0.15) is 32.5 Å². The lowest BCUT2D eigenvalue weighted by molar-refractivity contribution is -0.132. The SMILES string of the molecule is O=C(O)/C=C/c1ccc(N=Nc2c(S(=O)(=O)O)cc3cc(Nc4c(Nc5ccc6c(O)c(N=Nc7ccc(/C=C/C(=O)O)cc7)c(S(=O)(=O)O)cc6c5)c(=O)c4=O)ccc3c2O)cc1. The number of azo groups is 2. The van der Waals surface area contributed by atoms with E-state index in [0.717, 1.165) is 24.3 Å². The first kappa shape index (κ1) is 43.6. The van der Waals surface area contributed by atoms with Crippen molar-refractivity contribution in [2.75, 3.05) is 10.6 Å². The van der Waals surface area contributed by atoms with Gasteiger partial charge in [-0.3, -0.25) is 18.7 Å². The van der Waals surface area contributed by atoms with E-state index in [9.17, 15) is 55.3 Å². The van der Waals surface area contributed by atoms with E-state index >= 15 is 0 Å². The van der Waals surface area contributed by atoms with Crippen LogP contribution >= 0.6 is 0 Å². The summed E-state index contributed by atoms with van der Waals surface area (Å²) in [7, 11) is -10.0. The molecule has 0 radical (unpaired) electrons. The highest BCUT2D eigenvalue weighted by atomic mass is 32.2. The predicted molar refractivity (Wildman–Crippen MR) is 233 cm³/mol. The number of anilines is 4. The molecule has 0 unspecified atom stereocenters. The van der Waals surface area contributed by atoms with Crippen LogP contribution in [-0.4, -0.2) is 58.3 Å². The van der Waals surface area contributed by atoms with Gasteiger partial charge >= 0.3 is 11.9 Å². The Morgan fingerprint density at radius 2 is 0.875 bits per heavy atom. The lowest BCUT2D eigenvalue weighted by Gasteiger charge is -2.16. The minimum Gasteiger partial charge on any atom is -0.505 e. The van der Waals surface area contributed by atoms with E-state index in [2.05, 4.69) is 31.1 Å². The number of hydrogen-bond donors (Lipinski definition) is 8. The smallest absolute Gasteiger partial charge is 0.328 e. The molecule has 20 nitrogen and oxygen atoms in total. The first-order chi connectivity index (χ1) is 30.3. The van der Waals surface area contributed by atoms with Crippen molar-refractivity contribution in [1.82, 2.24) is 0 Å². The molecular formula is C42H28N6O14S2. The van der Waals surface area contributed by atoms with Crippen molar-refractivity contribution in [3.63, 3.8) is 0 Å². The Hall–Kier alpha value is -8.44. The van der Waals surface area contributed by atoms with Gasteiger partial charge in [0, 0.05) is 34.3 Å². The molecule has 22 heteroatoms. The summed E-state index contributed by atoms with van der Waals surface area (Å²) in [5.41, 5.74) is -1.87.